The number of hydrogen-bond acceptors (Lipinski definition) is 4. The Bertz CT molecular complexity index is 584. The van der Waals surface area contributed by atoms with Crippen LogP contribution in [-0.2, 0) is 4.79 Å². The molecule has 1 heterocycles. The van der Waals surface area contributed by atoms with Gasteiger partial charge in [0, 0.05) is 24.2 Å². The fourth-order valence-electron chi connectivity index (χ4n) is 2.38. The molecule has 1 aliphatic heterocycles. The minimum absolute atomic E-state index is 0.176. The van der Waals surface area contributed by atoms with E-state index in [-0.39, 0.29) is 11.3 Å². The van der Waals surface area contributed by atoms with Gasteiger partial charge in [-0.25, -0.2) is 4.79 Å². The van der Waals surface area contributed by atoms with E-state index in [0.717, 1.165) is 0 Å². The van der Waals surface area contributed by atoms with Crippen molar-refractivity contribution in [2.24, 2.45) is 0 Å². The molecule has 106 valence electrons. The van der Waals surface area contributed by atoms with Gasteiger partial charge < -0.3 is 10.0 Å². The van der Waals surface area contributed by atoms with Crippen molar-refractivity contribution in [1.29, 1.82) is 0 Å². The number of likely N-dealkylation sites (tertiary alicyclic amines) is 1. The summed E-state index contributed by atoms with van der Waals surface area (Å²) in [6, 6.07) is 3.18. The fourth-order valence-corrected chi connectivity index (χ4v) is 2.38. The van der Waals surface area contributed by atoms with Gasteiger partial charge in [0.15, 0.2) is 0 Å². The molecule has 7 nitrogen and oxygen atoms in total. The topological polar surface area (TPSA) is 101 Å². The molecule has 0 saturated carbocycles. The summed E-state index contributed by atoms with van der Waals surface area (Å²) in [4.78, 5) is 35.0. The Morgan fingerprint density at radius 1 is 1.45 bits per heavy atom. The molecule has 7 heteroatoms. The van der Waals surface area contributed by atoms with Crippen LogP contribution in [0.4, 0.5) is 5.69 Å². The highest BCUT2D eigenvalue weighted by atomic mass is 16.6. The zero-order valence-corrected chi connectivity index (χ0v) is 10.9. The van der Waals surface area contributed by atoms with Gasteiger partial charge in [-0.1, -0.05) is 6.07 Å². The van der Waals surface area contributed by atoms with Gasteiger partial charge in [-0.05, 0) is 25.3 Å². The van der Waals surface area contributed by atoms with E-state index in [4.69, 9.17) is 5.11 Å². The van der Waals surface area contributed by atoms with Gasteiger partial charge in [0.25, 0.3) is 11.6 Å². The molecule has 2 rings (SSSR count). The molecule has 1 N–H and O–H groups in total. The summed E-state index contributed by atoms with van der Waals surface area (Å²) in [5.41, 5.74) is 0.606. The predicted molar refractivity (Wildman–Crippen MR) is 69.5 cm³/mol. The van der Waals surface area contributed by atoms with E-state index in [1.807, 2.05) is 0 Å². The largest absolute Gasteiger partial charge is 0.480 e. The van der Waals surface area contributed by atoms with Crippen LogP contribution in [0.25, 0.3) is 0 Å². The van der Waals surface area contributed by atoms with E-state index in [2.05, 4.69) is 0 Å². The second kappa shape index (κ2) is 5.28. The number of rotatable bonds is 3. The molecule has 0 aliphatic carbocycles. The number of aryl methyl sites for hydroxylation is 1. The van der Waals surface area contributed by atoms with E-state index < -0.39 is 22.8 Å². The van der Waals surface area contributed by atoms with E-state index in [0.29, 0.717) is 24.9 Å². The van der Waals surface area contributed by atoms with E-state index in [1.165, 1.54) is 23.1 Å². The Labute approximate surface area is 115 Å². The molecular weight excluding hydrogens is 264 g/mol. The third kappa shape index (κ3) is 2.47. The zero-order valence-electron chi connectivity index (χ0n) is 10.9. The first kappa shape index (κ1) is 14.0. The average molecular weight is 278 g/mol. The van der Waals surface area contributed by atoms with E-state index in [9.17, 15) is 19.7 Å². The van der Waals surface area contributed by atoms with Crippen molar-refractivity contribution < 1.29 is 19.6 Å². The lowest BCUT2D eigenvalue weighted by Crippen LogP contribution is -2.40. The molecule has 0 spiro atoms. The molecule has 1 fully saturated rings. The number of amides is 1. The van der Waals surface area contributed by atoms with Crippen molar-refractivity contribution in [3.05, 3.63) is 39.4 Å². The van der Waals surface area contributed by atoms with Gasteiger partial charge >= 0.3 is 5.97 Å². The molecule has 0 bridgehead atoms. The lowest BCUT2D eigenvalue weighted by Gasteiger charge is -2.22. The summed E-state index contributed by atoms with van der Waals surface area (Å²) in [7, 11) is 0. The summed E-state index contributed by atoms with van der Waals surface area (Å²) < 4.78 is 0. The number of carboxylic acids is 1. The average Bonchev–Trinajstić information content (AvgIpc) is 2.87. The maximum absolute atomic E-state index is 12.4. The van der Waals surface area contributed by atoms with Crippen molar-refractivity contribution in [2.75, 3.05) is 6.54 Å². The number of nitrogens with zero attached hydrogens (tertiary/aromatic N) is 2. The molecule has 20 heavy (non-hydrogen) atoms. The standard InChI is InChI=1S/C13H14N2O5/c1-8-4-5-9(15(19)20)7-10(8)12(16)14-6-2-3-11(14)13(17)18/h4-5,7,11H,2-3,6H2,1H3,(H,17,18)/t11-/m1/s1. The van der Waals surface area contributed by atoms with Crippen molar-refractivity contribution >= 4 is 17.6 Å². The monoisotopic (exact) mass is 278 g/mol. The summed E-state index contributed by atoms with van der Waals surface area (Å²) in [6.07, 6.45) is 1.03. The van der Waals surface area contributed by atoms with Gasteiger partial charge in [-0.15, -0.1) is 0 Å². The van der Waals surface area contributed by atoms with Crippen LogP contribution >= 0.6 is 0 Å². The first-order valence-electron chi connectivity index (χ1n) is 6.20. The summed E-state index contributed by atoms with van der Waals surface area (Å²) in [5.74, 6) is -1.50. The predicted octanol–water partition coefficient (Wildman–Crippen LogP) is 1.59. The Morgan fingerprint density at radius 2 is 2.15 bits per heavy atom. The number of non-ortho nitro benzene ring substituents is 1. The van der Waals surface area contributed by atoms with Gasteiger partial charge in [-0.2, -0.15) is 0 Å². The normalized spacial score (nSPS) is 18.1. The number of nitro groups is 1. The van der Waals surface area contributed by atoms with Crippen LogP contribution in [0, 0.1) is 17.0 Å². The van der Waals surface area contributed by atoms with E-state index >= 15 is 0 Å². The second-order valence-electron chi connectivity index (χ2n) is 4.75. The van der Waals surface area contributed by atoms with Crippen molar-refractivity contribution in [2.45, 2.75) is 25.8 Å². The maximum Gasteiger partial charge on any atom is 0.326 e. The highest BCUT2D eigenvalue weighted by molar-refractivity contribution is 5.98. The minimum Gasteiger partial charge on any atom is -0.480 e. The molecule has 1 amide bonds. The van der Waals surface area contributed by atoms with Crippen molar-refractivity contribution in [3.63, 3.8) is 0 Å². The molecule has 1 aromatic carbocycles. The Morgan fingerprint density at radius 3 is 2.75 bits per heavy atom. The van der Waals surface area contributed by atoms with Gasteiger partial charge in [-0.3, -0.25) is 14.9 Å². The first-order chi connectivity index (χ1) is 9.41. The first-order valence-corrected chi connectivity index (χ1v) is 6.20. The number of nitro benzene ring substituents is 1. The highest BCUT2D eigenvalue weighted by Crippen LogP contribution is 2.24. The van der Waals surface area contributed by atoms with Crippen LogP contribution in [0.5, 0.6) is 0 Å². The molecule has 1 atom stereocenters. The van der Waals surface area contributed by atoms with E-state index in [1.54, 1.807) is 6.92 Å². The Balaban J connectivity index is 2.35. The highest BCUT2D eigenvalue weighted by Gasteiger charge is 2.35. The van der Waals surface area contributed by atoms with Crippen LogP contribution in [-0.4, -0.2) is 39.4 Å². The van der Waals surface area contributed by atoms with Crippen LogP contribution in [0.1, 0.15) is 28.8 Å². The molecular formula is C13H14N2O5. The zero-order chi connectivity index (χ0) is 14.9. The number of benzene rings is 1. The molecule has 0 unspecified atom stereocenters. The van der Waals surface area contributed by atoms with Crippen molar-refractivity contribution in [1.82, 2.24) is 4.90 Å². The van der Waals surface area contributed by atoms with Crippen LogP contribution in [0.3, 0.4) is 0 Å². The van der Waals surface area contributed by atoms with Crippen LogP contribution in [0.15, 0.2) is 18.2 Å². The molecule has 1 aliphatic rings. The van der Waals surface area contributed by atoms with Crippen molar-refractivity contribution in [3.8, 4) is 0 Å². The molecule has 0 radical (unpaired) electrons. The summed E-state index contributed by atoms with van der Waals surface area (Å²) >= 11 is 0. The number of hydrogen-bond donors (Lipinski definition) is 1. The number of carbonyl (C=O) groups is 2. The summed E-state index contributed by atoms with van der Waals surface area (Å²) in [5, 5.41) is 19.9. The quantitative estimate of drug-likeness (QED) is 0.668. The Hall–Kier alpha value is -2.44. The lowest BCUT2D eigenvalue weighted by atomic mass is 10.1. The number of carboxylic acid groups (broad SMARTS) is 1. The fraction of sp³-hybridized carbons (Fsp3) is 0.385. The molecule has 1 aromatic rings. The maximum atomic E-state index is 12.4. The lowest BCUT2D eigenvalue weighted by molar-refractivity contribution is -0.384. The number of aliphatic carboxylic acids is 1. The van der Waals surface area contributed by atoms with Crippen LogP contribution < -0.4 is 0 Å². The van der Waals surface area contributed by atoms with Gasteiger partial charge in [0.1, 0.15) is 6.04 Å². The third-order valence-corrected chi connectivity index (χ3v) is 3.46. The van der Waals surface area contributed by atoms with Gasteiger partial charge in [0.2, 0.25) is 0 Å². The SMILES string of the molecule is Cc1ccc([N+](=O)[O-])cc1C(=O)N1CCC[C@@H]1C(=O)O. The molecule has 1 saturated heterocycles. The molecule has 0 aromatic heterocycles. The second-order valence-corrected chi connectivity index (χ2v) is 4.75. The smallest absolute Gasteiger partial charge is 0.326 e. The minimum atomic E-state index is -1.04. The Kier molecular flexibility index (Phi) is 3.69. The number of carbonyl (C=O) groups excluding carboxylic acids is 1. The summed E-state index contributed by atoms with van der Waals surface area (Å²) in [6.45, 7) is 2.03. The van der Waals surface area contributed by atoms with Gasteiger partial charge in [0.05, 0.1) is 4.92 Å². The third-order valence-electron chi connectivity index (χ3n) is 3.46. The van der Waals surface area contributed by atoms with Crippen LogP contribution in [0.2, 0.25) is 0 Å².